The van der Waals surface area contributed by atoms with E-state index >= 15 is 0 Å². The van der Waals surface area contributed by atoms with Crippen LogP contribution in [-0.2, 0) is 11.2 Å². The maximum Gasteiger partial charge on any atom is 0.303 e. The van der Waals surface area contributed by atoms with Gasteiger partial charge in [-0.2, -0.15) is 0 Å². The zero-order valence-corrected chi connectivity index (χ0v) is 17.8. The summed E-state index contributed by atoms with van der Waals surface area (Å²) in [4.78, 5) is 20.0. The summed E-state index contributed by atoms with van der Waals surface area (Å²) in [5.41, 5.74) is 10.5. The lowest BCUT2D eigenvalue weighted by Gasteiger charge is -2.13. The summed E-state index contributed by atoms with van der Waals surface area (Å²) in [7, 11) is 0. The molecule has 31 heavy (non-hydrogen) atoms. The molecule has 0 aliphatic rings. The Kier molecular flexibility index (Phi) is 5.99. The van der Waals surface area contributed by atoms with Crippen LogP contribution in [-0.4, -0.2) is 32.2 Å². The molecular weight excluding hydrogens is 412 g/mol. The standard InChI is InChI=1S/C23H22N4O3S/c1-2-30-21-14-31-23(26-21)18-8-7-17(13-19(18)15-3-5-16(24)6-4-15)27-12-11-25-20(27)9-10-22(28)29/h3-8,11-14H,2,9-10,24H2,1H3,(H,28,29). The third-order valence-corrected chi connectivity index (χ3v) is 5.64. The van der Waals surface area contributed by atoms with E-state index in [1.807, 2.05) is 59.5 Å². The van der Waals surface area contributed by atoms with Crippen LogP contribution in [0, 0.1) is 0 Å². The lowest BCUT2D eigenvalue weighted by molar-refractivity contribution is -0.137. The van der Waals surface area contributed by atoms with Gasteiger partial charge < -0.3 is 20.1 Å². The maximum absolute atomic E-state index is 11.0. The van der Waals surface area contributed by atoms with Crippen molar-refractivity contribution in [3.8, 4) is 33.3 Å². The molecule has 4 aromatic rings. The molecule has 0 bridgehead atoms. The Balaban J connectivity index is 1.80. The van der Waals surface area contributed by atoms with Crippen LogP contribution in [0.2, 0.25) is 0 Å². The van der Waals surface area contributed by atoms with Crippen LogP contribution in [0.15, 0.2) is 60.2 Å². The fourth-order valence-electron chi connectivity index (χ4n) is 3.34. The van der Waals surface area contributed by atoms with Crippen molar-refractivity contribution in [2.45, 2.75) is 19.8 Å². The number of nitrogen functional groups attached to an aromatic ring is 1. The fraction of sp³-hybridized carbons (Fsp3) is 0.174. The molecule has 0 spiro atoms. The summed E-state index contributed by atoms with van der Waals surface area (Å²) < 4.78 is 7.45. The number of nitrogens with zero attached hydrogens (tertiary/aromatic N) is 3. The zero-order valence-electron chi connectivity index (χ0n) is 17.0. The van der Waals surface area contributed by atoms with Crippen LogP contribution in [0.3, 0.4) is 0 Å². The first kappa shape index (κ1) is 20.6. The molecule has 2 aromatic carbocycles. The number of imidazole rings is 1. The van der Waals surface area contributed by atoms with E-state index in [0.717, 1.165) is 27.4 Å². The van der Waals surface area contributed by atoms with E-state index < -0.39 is 5.97 Å². The van der Waals surface area contributed by atoms with Gasteiger partial charge in [-0.05, 0) is 48.4 Å². The molecule has 4 rings (SSSR count). The molecule has 0 saturated heterocycles. The van der Waals surface area contributed by atoms with E-state index in [4.69, 9.17) is 15.6 Å². The van der Waals surface area contributed by atoms with Crippen molar-refractivity contribution >= 4 is 23.0 Å². The van der Waals surface area contributed by atoms with Crippen molar-refractivity contribution in [3.63, 3.8) is 0 Å². The Morgan fingerprint density at radius 1 is 1.19 bits per heavy atom. The number of carboxylic acids is 1. The second kappa shape index (κ2) is 9.01. The molecule has 7 nitrogen and oxygen atoms in total. The number of hydrogen-bond donors (Lipinski definition) is 2. The van der Waals surface area contributed by atoms with E-state index in [0.29, 0.717) is 30.4 Å². The van der Waals surface area contributed by atoms with Gasteiger partial charge in [-0.1, -0.05) is 12.1 Å². The van der Waals surface area contributed by atoms with Gasteiger partial charge in [-0.15, -0.1) is 11.3 Å². The molecule has 3 N–H and O–H groups in total. The van der Waals surface area contributed by atoms with Crippen LogP contribution >= 0.6 is 11.3 Å². The van der Waals surface area contributed by atoms with Gasteiger partial charge in [0.15, 0.2) is 0 Å². The monoisotopic (exact) mass is 434 g/mol. The number of aromatic nitrogens is 3. The highest BCUT2D eigenvalue weighted by Crippen LogP contribution is 2.37. The average Bonchev–Trinajstić information content (AvgIpc) is 3.42. The normalized spacial score (nSPS) is 10.9. The molecule has 0 fully saturated rings. The van der Waals surface area contributed by atoms with E-state index in [1.165, 1.54) is 11.3 Å². The smallest absolute Gasteiger partial charge is 0.303 e. The first-order chi connectivity index (χ1) is 15.0. The van der Waals surface area contributed by atoms with Crippen molar-refractivity contribution in [1.82, 2.24) is 14.5 Å². The summed E-state index contributed by atoms with van der Waals surface area (Å²) in [6, 6.07) is 13.8. The zero-order chi connectivity index (χ0) is 21.8. The van der Waals surface area contributed by atoms with Crippen molar-refractivity contribution in [2.75, 3.05) is 12.3 Å². The van der Waals surface area contributed by atoms with Crippen molar-refractivity contribution in [3.05, 3.63) is 66.1 Å². The topological polar surface area (TPSA) is 103 Å². The van der Waals surface area contributed by atoms with Crippen LogP contribution < -0.4 is 10.5 Å². The van der Waals surface area contributed by atoms with E-state index in [-0.39, 0.29) is 6.42 Å². The summed E-state index contributed by atoms with van der Waals surface area (Å²) in [5.74, 6) is 0.466. The number of benzene rings is 2. The van der Waals surface area contributed by atoms with Gasteiger partial charge in [0, 0.05) is 35.8 Å². The SMILES string of the molecule is CCOc1csc(-c2ccc(-n3ccnc3CCC(=O)O)cc2-c2ccc(N)cc2)n1. The minimum Gasteiger partial charge on any atom is -0.481 e. The van der Waals surface area contributed by atoms with Gasteiger partial charge in [0.1, 0.15) is 10.8 Å². The van der Waals surface area contributed by atoms with Gasteiger partial charge in [0.2, 0.25) is 5.88 Å². The van der Waals surface area contributed by atoms with Crippen LogP contribution in [0.1, 0.15) is 19.2 Å². The lowest BCUT2D eigenvalue weighted by Crippen LogP contribution is -2.05. The highest BCUT2D eigenvalue weighted by atomic mass is 32.1. The summed E-state index contributed by atoms with van der Waals surface area (Å²) in [6.07, 6.45) is 3.91. The molecule has 0 aliphatic heterocycles. The summed E-state index contributed by atoms with van der Waals surface area (Å²) in [5, 5.41) is 11.8. The van der Waals surface area contributed by atoms with E-state index in [1.54, 1.807) is 6.20 Å². The number of anilines is 1. The van der Waals surface area contributed by atoms with Crippen molar-refractivity contribution in [2.24, 2.45) is 0 Å². The first-order valence-corrected chi connectivity index (χ1v) is 10.8. The number of hydrogen-bond acceptors (Lipinski definition) is 6. The minimum atomic E-state index is -0.846. The largest absolute Gasteiger partial charge is 0.481 e. The Morgan fingerprint density at radius 3 is 2.74 bits per heavy atom. The number of rotatable bonds is 8. The third-order valence-electron chi connectivity index (χ3n) is 4.79. The second-order valence-corrected chi connectivity index (χ2v) is 7.74. The number of thiazole rings is 1. The molecule has 0 atom stereocenters. The van der Waals surface area contributed by atoms with E-state index in [2.05, 4.69) is 16.0 Å². The fourth-order valence-corrected chi connectivity index (χ4v) is 4.12. The quantitative estimate of drug-likeness (QED) is 0.391. The lowest BCUT2D eigenvalue weighted by atomic mass is 9.98. The van der Waals surface area contributed by atoms with Gasteiger partial charge in [0.25, 0.3) is 0 Å². The number of aryl methyl sites for hydroxylation is 1. The minimum absolute atomic E-state index is 0.0270. The highest BCUT2D eigenvalue weighted by molar-refractivity contribution is 7.13. The maximum atomic E-state index is 11.0. The van der Waals surface area contributed by atoms with Crippen LogP contribution in [0.25, 0.3) is 27.4 Å². The molecule has 0 unspecified atom stereocenters. The van der Waals surface area contributed by atoms with Crippen molar-refractivity contribution in [1.29, 1.82) is 0 Å². The van der Waals surface area contributed by atoms with Crippen LogP contribution in [0.4, 0.5) is 5.69 Å². The van der Waals surface area contributed by atoms with Crippen molar-refractivity contribution < 1.29 is 14.6 Å². The third kappa shape index (κ3) is 4.59. The molecule has 2 aromatic heterocycles. The van der Waals surface area contributed by atoms with Gasteiger partial charge in [0.05, 0.1) is 18.4 Å². The molecule has 0 amide bonds. The van der Waals surface area contributed by atoms with Gasteiger partial charge in [-0.25, -0.2) is 9.97 Å². The first-order valence-electron chi connectivity index (χ1n) is 9.88. The summed E-state index contributed by atoms with van der Waals surface area (Å²) in [6.45, 7) is 2.49. The molecule has 8 heteroatoms. The molecular formula is C23H22N4O3S. The van der Waals surface area contributed by atoms with Gasteiger partial charge in [-0.3, -0.25) is 4.79 Å². The van der Waals surface area contributed by atoms with E-state index in [9.17, 15) is 4.79 Å². The Morgan fingerprint density at radius 2 is 2.00 bits per heavy atom. The predicted molar refractivity (Wildman–Crippen MR) is 122 cm³/mol. The number of carboxylic acid groups (broad SMARTS) is 1. The van der Waals surface area contributed by atoms with Gasteiger partial charge >= 0.3 is 5.97 Å². The number of ether oxygens (including phenoxy) is 1. The Hall–Kier alpha value is -3.65. The van der Waals surface area contributed by atoms with Crippen LogP contribution in [0.5, 0.6) is 5.88 Å². The Labute approximate surface area is 183 Å². The summed E-state index contributed by atoms with van der Waals surface area (Å²) >= 11 is 1.53. The molecule has 0 aliphatic carbocycles. The molecule has 0 saturated carbocycles. The second-order valence-electron chi connectivity index (χ2n) is 6.88. The molecule has 158 valence electrons. The average molecular weight is 435 g/mol. The number of nitrogens with two attached hydrogens (primary N) is 1. The predicted octanol–water partition coefficient (Wildman–Crippen LogP) is 4.66. The highest BCUT2D eigenvalue weighted by Gasteiger charge is 2.15. The number of aliphatic carboxylic acids is 1. The molecule has 0 radical (unpaired) electrons. The Bertz CT molecular complexity index is 1200. The molecule has 2 heterocycles. The number of carbonyl (C=O) groups is 1.